The highest BCUT2D eigenvalue weighted by molar-refractivity contribution is 7.99. The lowest BCUT2D eigenvalue weighted by Crippen LogP contribution is -2.10. The van der Waals surface area contributed by atoms with E-state index in [1.807, 2.05) is 11.5 Å². The molecule has 0 N–H and O–H groups in total. The number of fused-ring (bicyclic) bond motifs is 1. The second-order valence-corrected chi connectivity index (χ2v) is 5.17. The number of nitrogens with zero attached hydrogens (tertiary/aromatic N) is 4. The lowest BCUT2D eigenvalue weighted by Gasteiger charge is -2.11. The van der Waals surface area contributed by atoms with Crippen LogP contribution in [0.4, 0.5) is 0 Å². The molecule has 2 aromatic heterocycles. The second-order valence-electron chi connectivity index (χ2n) is 3.48. The van der Waals surface area contributed by atoms with Crippen molar-refractivity contribution in [3.05, 3.63) is 17.8 Å². The molecular weight excluding hydrogens is 248 g/mol. The Morgan fingerprint density at radius 2 is 2.38 bits per heavy atom. The molecule has 0 aromatic carbocycles. The molecule has 0 bridgehead atoms. The zero-order valence-corrected chi connectivity index (χ0v) is 10.1. The van der Waals surface area contributed by atoms with Crippen molar-refractivity contribution in [3.8, 4) is 0 Å². The Morgan fingerprint density at radius 3 is 3.12 bits per heavy atom. The molecule has 16 heavy (non-hydrogen) atoms. The van der Waals surface area contributed by atoms with Crippen molar-refractivity contribution in [2.75, 3.05) is 5.75 Å². The highest BCUT2D eigenvalue weighted by Crippen LogP contribution is 2.33. The third-order valence-electron chi connectivity index (χ3n) is 2.45. The van der Waals surface area contributed by atoms with Crippen LogP contribution >= 0.6 is 23.4 Å². The van der Waals surface area contributed by atoms with Gasteiger partial charge in [0.2, 0.25) is 0 Å². The zero-order chi connectivity index (χ0) is 11.1. The van der Waals surface area contributed by atoms with Crippen LogP contribution in [-0.4, -0.2) is 30.7 Å². The fraction of sp³-hybridized carbons (Fsp3) is 0.444. The van der Waals surface area contributed by atoms with Crippen molar-refractivity contribution in [2.24, 2.45) is 0 Å². The maximum atomic E-state index is 5.93. The first-order valence-electron chi connectivity index (χ1n) is 4.86. The van der Waals surface area contributed by atoms with Crippen molar-refractivity contribution in [2.45, 2.75) is 18.6 Å². The summed E-state index contributed by atoms with van der Waals surface area (Å²) in [5.41, 5.74) is 1.55. The van der Waals surface area contributed by atoms with Gasteiger partial charge in [0.05, 0.1) is 6.33 Å². The van der Waals surface area contributed by atoms with Crippen LogP contribution in [0.25, 0.3) is 11.2 Å². The number of halogens is 1. The summed E-state index contributed by atoms with van der Waals surface area (Å²) in [6.07, 6.45) is 3.12. The Balaban J connectivity index is 2.08. The molecule has 0 saturated carbocycles. The van der Waals surface area contributed by atoms with Crippen LogP contribution < -0.4 is 0 Å². The molecule has 1 aliphatic rings. The van der Waals surface area contributed by atoms with E-state index in [1.54, 1.807) is 18.1 Å². The van der Waals surface area contributed by atoms with Gasteiger partial charge in [0.15, 0.2) is 10.8 Å². The van der Waals surface area contributed by atoms with Gasteiger partial charge in [0.25, 0.3) is 0 Å². The molecule has 2 unspecified atom stereocenters. The highest BCUT2D eigenvalue weighted by atomic mass is 35.5. The quantitative estimate of drug-likeness (QED) is 0.732. The minimum Gasteiger partial charge on any atom is -0.343 e. The largest absolute Gasteiger partial charge is 0.343 e. The minimum absolute atomic E-state index is 0.0176. The summed E-state index contributed by atoms with van der Waals surface area (Å²) in [6, 6.07) is 0. The fourth-order valence-corrected chi connectivity index (χ4v) is 2.76. The molecule has 7 heteroatoms. The molecule has 1 aliphatic heterocycles. The van der Waals surface area contributed by atoms with Gasteiger partial charge in [-0.05, 0) is 6.92 Å². The number of ether oxygens (including phenoxy) is 1. The van der Waals surface area contributed by atoms with Gasteiger partial charge in [0.1, 0.15) is 23.5 Å². The summed E-state index contributed by atoms with van der Waals surface area (Å²) in [5.74, 6) is 0.897. The lowest BCUT2D eigenvalue weighted by molar-refractivity contribution is 0.0292. The Bertz CT molecular complexity index is 531. The maximum Gasteiger partial charge on any atom is 0.166 e. The van der Waals surface area contributed by atoms with Crippen LogP contribution in [0.1, 0.15) is 13.2 Å². The van der Waals surface area contributed by atoms with Crippen molar-refractivity contribution >= 4 is 34.5 Å². The second kappa shape index (κ2) is 3.87. The molecule has 3 rings (SSSR count). The topological polar surface area (TPSA) is 52.8 Å². The van der Waals surface area contributed by atoms with E-state index in [1.165, 1.54) is 6.33 Å². The van der Waals surface area contributed by atoms with E-state index in [0.29, 0.717) is 10.7 Å². The highest BCUT2D eigenvalue weighted by Gasteiger charge is 2.25. The van der Waals surface area contributed by atoms with E-state index in [2.05, 4.69) is 15.0 Å². The van der Waals surface area contributed by atoms with Gasteiger partial charge < -0.3 is 4.74 Å². The van der Waals surface area contributed by atoms with Gasteiger partial charge in [0, 0.05) is 5.75 Å². The van der Waals surface area contributed by atoms with Gasteiger partial charge in [-0.15, -0.1) is 11.8 Å². The standard InChI is InChI=1S/C9H9ClN4OS/c1-5-15-6(2-16-5)14-4-13-7-8(10)11-3-12-9(7)14/h3-6H,2H2,1H3. The molecule has 1 saturated heterocycles. The van der Waals surface area contributed by atoms with Crippen LogP contribution in [0.3, 0.4) is 0 Å². The van der Waals surface area contributed by atoms with Crippen LogP contribution in [0, 0.1) is 0 Å². The van der Waals surface area contributed by atoms with Crippen molar-refractivity contribution in [1.29, 1.82) is 0 Å². The van der Waals surface area contributed by atoms with Gasteiger partial charge in [-0.1, -0.05) is 11.6 Å². The van der Waals surface area contributed by atoms with E-state index in [-0.39, 0.29) is 11.7 Å². The molecule has 0 radical (unpaired) electrons. The molecule has 84 valence electrons. The third-order valence-corrected chi connectivity index (χ3v) is 3.78. The molecule has 5 nitrogen and oxygen atoms in total. The monoisotopic (exact) mass is 256 g/mol. The predicted molar refractivity (Wildman–Crippen MR) is 62.4 cm³/mol. The number of imidazole rings is 1. The Labute approximate surface area is 101 Å². The molecule has 0 amide bonds. The third kappa shape index (κ3) is 1.57. The number of aromatic nitrogens is 4. The van der Waals surface area contributed by atoms with Crippen molar-refractivity contribution in [3.63, 3.8) is 0 Å². The normalized spacial score (nSPS) is 25.4. The molecule has 3 heterocycles. The maximum absolute atomic E-state index is 5.93. The summed E-state index contributed by atoms with van der Waals surface area (Å²) >= 11 is 7.70. The number of rotatable bonds is 1. The molecule has 1 fully saturated rings. The van der Waals surface area contributed by atoms with Gasteiger partial charge in [-0.25, -0.2) is 15.0 Å². The lowest BCUT2D eigenvalue weighted by atomic mass is 10.5. The smallest absolute Gasteiger partial charge is 0.166 e. The first-order chi connectivity index (χ1) is 7.75. The fourth-order valence-electron chi connectivity index (χ4n) is 1.70. The Hall–Kier alpha value is -0.850. The molecule has 0 aliphatic carbocycles. The van der Waals surface area contributed by atoms with E-state index >= 15 is 0 Å². The van der Waals surface area contributed by atoms with E-state index < -0.39 is 0 Å². The van der Waals surface area contributed by atoms with E-state index in [0.717, 1.165) is 11.4 Å². The summed E-state index contributed by atoms with van der Waals surface area (Å²) in [4.78, 5) is 12.3. The van der Waals surface area contributed by atoms with Crippen LogP contribution in [-0.2, 0) is 4.74 Å². The first-order valence-corrected chi connectivity index (χ1v) is 6.28. The summed E-state index contributed by atoms with van der Waals surface area (Å²) in [6.45, 7) is 2.03. The van der Waals surface area contributed by atoms with Crippen LogP contribution in [0.15, 0.2) is 12.7 Å². The molecule has 2 aromatic rings. The van der Waals surface area contributed by atoms with Gasteiger partial charge in [-0.3, -0.25) is 4.57 Å². The van der Waals surface area contributed by atoms with E-state index in [9.17, 15) is 0 Å². The van der Waals surface area contributed by atoms with Crippen LogP contribution in [0.5, 0.6) is 0 Å². The molecule has 0 spiro atoms. The van der Waals surface area contributed by atoms with Crippen molar-refractivity contribution in [1.82, 2.24) is 19.5 Å². The average molecular weight is 257 g/mol. The minimum atomic E-state index is -0.0176. The summed E-state index contributed by atoms with van der Waals surface area (Å²) in [7, 11) is 0. The molecule has 2 atom stereocenters. The Kier molecular flexibility index (Phi) is 2.49. The number of hydrogen-bond acceptors (Lipinski definition) is 5. The van der Waals surface area contributed by atoms with Crippen LogP contribution in [0.2, 0.25) is 5.15 Å². The average Bonchev–Trinajstić information content (AvgIpc) is 2.84. The van der Waals surface area contributed by atoms with E-state index in [4.69, 9.17) is 16.3 Å². The number of thioether (sulfide) groups is 1. The first kappa shape index (κ1) is 10.3. The predicted octanol–water partition coefficient (Wildman–Crippen LogP) is 2.09. The van der Waals surface area contributed by atoms with Gasteiger partial charge >= 0.3 is 0 Å². The Morgan fingerprint density at radius 1 is 1.50 bits per heavy atom. The summed E-state index contributed by atoms with van der Waals surface area (Å²) < 4.78 is 7.64. The SMILES string of the molecule is CC1OC(n2cnc3c(Cl)ncnc32)CS1. The summed E-state index contributed by atoms with van der Waals surface area (Å²) in [5, 5.41) is 0.377. The van der Waals surface area contributed by atoms with Crippen molar-refractivity contribution < 1.29 is 4.74 Å². The van der Waals surface area contributed by atoms with Gasteiger partial charge in [-0.2, -0.15) is 0 Å². The molecular formula is C9H9ClN4OS. The zero-order valence-electron chi connectivity index (χ0n) is 8.50. The number of hydrogen-bond donors (Lipinski definition) is 0.